The van der Waals surface area contributed by atoms with E-state index in [4.69, 9.17) is 5.73 Å². The van der Waals surface area contributed by atoms with Crippen molar-refractivity contribution >= 4 is 0 Å². The number of hydrogen-bond donors (Lipinski definition) is 1. The molecule has 0 aliphatic rings. The largest absolute Gasteiger partial charge is 0.489 e. The Bertz CT molecular complexity index is 279. The third-order valence-corrected chi connectivity index (χ3v) is 1.80. The minimum Gasteiger partial charge on any atom is -0.330 e. The van der Waals surface area contributed by atoms with Crippen molar-refractivity contribution in [3.8, 4) is 0 Å². The number of hydrogen-bond acceptors (Lipinski definition) is 2. The van der Waals surface area contributed by atoms with E-state index in [9.17, 15) is 13.2 Å². The van der Waals surface area contributed by atoms with Crippen LogP contribution in [0.25, 0.3) is 0 Å². The summed E-state index contributed by atoms with van der Waals surface area (Å²) in [4.78, 5) is 3.45. The first kappa shape index (κ1) is 10.0. The van der Waals surface area contributed by atoms with E-state index in [1.807, 2.05) is 0 Å². The van der Waals surface area contributed by atoms with Crippen LogP contribution in [0.2, 0.25) is 0 Å². The highest BCUT2D eigenvalue weighted by atomic mass is 19.4. The molecule has 0 amide bonds. The molecule has 0 aromatic carbocycles. The fourth-order valence-corrected chi connectivity index (χ4v) is 1.00. The molecule has 0 aliphatic heterocycles. The van der Waals surface area contributed by atoms with Gasteiger partial charge in [0.05, 0.1) is 0 Å². The second kappa shape index (κ2) is 3.37. The number of aromatic nitrogens is 2. The molecule has 1 aromatic rings. The van der Waals surface area contributed by atoms with Crippen LogP contribution in [0.4, 0.5) is 13.2 Å². The lowest BCUT2D eigenvalue weighted by Gasteiger charge is -2.14. The van der Waals surface area contributed by atoms with Crippen molar-refractivity contribution in [1.82, 2.24) is 9.55 Å². The first-order valence-electron chi connectivity index (χ1n) is 3.76. The van der Waals surface area contributed by atoms with Crippen LogP contribution in [-0.4, -0.2) is 16.1 Å². The third kappa shape index (κ3) is 2.00. The highest BCUT2D eigenvalue weighted by molar-refractivity contribution is 5.06. The SMILES string of the molecule is CC(CN)c1cncn1C(F)(F)F. The molecule has 0 aliphatic carbocycles. The predicted octanol–water partition coefficient (Wildman–Crippen LogP) is 1.42. The van der Waals surface area contributed by atoms with Gasteiger partial charge in [-0.2, -0.15) is 0 Å². The van der Waals surface area contributed by atoms with Crippen molar-refractivity contribution in [2.24, 2.45) is 5.73 Å². The highest BCUT2D eigenvalue weighted by Crippen LogP contribution is 2.26. The van der Waals surface area contributed by atoms with Gasteiger partial charge in [0, 0.05) is 24.4 Å². The minimum atomic E-state index is -4.41. The molecule has 1 heterocycles. The van der Waals surface area contributed by atoms with Crippen molar-refractivity contribution in [2.75, 3.05) is 6.54 Å². The van der Waals surface area contributed by atoms with Crippen LogP contribution >= 0.6 is 0 Å². The summed E-state index contributed by atoms with van der Waals surface area (Å²) in [5.41, 5.74) is 5.36. The van der Waals surface area contributed by atoms with Crippen LogP contribution in [0.1, 0.15) is 18.5 Å². The van der Waals surface area contributed by atoms with Crippen molar-refractivity contribution in [3.63, 3.8) is 0 Å². The van der Waals surface area contributed by atoms with Crippen LogP contribution < -0.4 is 5.73 Å². The Balaban J connectivity index is 3.03. The molecule has 1 atom stereocenters. The Morgan fingerprint density at radius 1 is 1.62 bits per heavy atom. The van der Waals surface area contributed by atoms with Crippen molar-refractivity contribution in [3.05, 3.63) is 18.2 Å². The van der Waals surface area contributed by atoms with E-state index in [1.165, 1.54) is 6.20 Å². The number of nitrogens with zero attached hydrogens (tertiary/aromatic N) is 2. The number of alkyl halides is 3. The predicted molar refractivity (Wildman–Crippen MR) is 41.0 cm³/mol. The fraction of sp³-hybridized carbons (Fsp3) is 0.571. The maximum atomic E-state index is 12.3. The van der Waals surface area contributed by atoms with E-state index in [0.717, 1.165) is 6.33 Å². The smallest absolute Gasteiger partial charge is 0.330 e. The van der Waals surface area contributed by atoms with E-state index < -0.39 is 6.30 Å². The molecule has 6 heteroatoms. The van der Waals surface area contributed by atoms with Gasteiger partial charge in [-0.1, -0.05) is 6.92 Å². The second-order valence-electron chi connectivity index (χ2n) is 2.79. The number of imidazole rings is 1. The molecule has 0 spiro atoms. The molecule has 1 aromatic heterocycles. The summed E-state index contributed by atoms with van der Waals surface area (Å²) >= 11 is 0. The highest BCUT2D eigenvalue weighted by Gasteiger charge is 2.33. The molecule has 3 nitrogen and oxygen atoms in total. The lowest BCUT2D eigenvalue weighted by Crippen LogP contribution is -2.22. The average Bonchev–Trinajstić information content (AvgIpc) is 2.49. The zero-order chi connectivity index (χ0) is 10.1. The Morgan fingerprint density at radius 3 is 2.69 bits per heavy atom. The van der Waals surface area contributed by atoms with E-state index >= 15 is 0 Å². The van der Waals surface area contributed by atoms with Crippen molar-refractivity contribution in [1.29, 1.82) is 0 Å². The van der Waals surface area contributed by atoms with Gasteiger partial charge >= 0.3 is 6.30 Å². The Morgan fingerprint density at radius 2 is 2.23 bits per heavy atom. The first-order valence-corrected chi connectivity index (χ1v) is 3.76. The standard InChI is InChI=1S/C7H10F3N3/c1-5(2-11)6-3-12-4-13(6)7(8,9)10/h3-5H,2,11H2,1H3. The number of halogens is 3. The topological polar surface area (TPSA) is 43.8 Å². The zero-order valence-corrected chi connectivity index (χ0v) is 7.04. The summed E-state index contributed by atoms with van der Waals surface area (Å²) in [5.74, 6) is -0.343. The van der Waals surface area contributed by atoms with Crippen molar-refractivity contribution < 1.29 is 13.2 Å². The summed E-state index contributed by atoms with van der Waals surface area (Å²) in [6.45, 7) is 1.79. The summed E-state index contributed by atoms with van der Waals surface area (Å²) < 4.78 is 37.0. The summed E-state index contributed by atoms with van der Waals surface area (Å²) in [5, 5.41) is 0. The average molecular weight is 193 g/mol. The Kier molecular flexibility index (Phi) is 2.60. The molecule has 2 N–H and O–H groups in total. The molecule has 0 saturated heterocycles. The van der Waals surface area contributed by atoms with E-state index in [2.05, 4.69) is 4.98 Å². The molecule has 1 rings (SSSR count). The zero-order valence-electron chi connectivity index (χ0n) is 7.04. The third-order valence-electron chi connectivity index (χ3n) is 1.80. The molecule has 74 valence electrons. The number of nitrogens with two attached hydrogens (primary N) is 1. The van der Waals surface area contributed by atoms with Crippen LogP contribution in [-0.2, 0) is 6.30 Å². The Hall–Kier alpha value is -1.04. The van der Waals surface area contributed by atoms with Gasteiger partial charge < -0.3 is 5.73 Å². The van der Waals surface area contributed by atoms with Crippen molar-refractivity contribution in [2.45, 2.75) is 19.1 Å². The van der Waals surface area contributed by atoms with E-state index in [0.29, 0.717) is 0 Å². The van der Waals surface area contributed by atoms with Gasteiger partial charge in [0.2, 0.25) is 0 Å². The molecular weight excluding hydrogens is 183 g/mol. The first-order chi connectivity index (χ1) is 5.96. The van der Waals surface area contributed by atoms with Gasteiger partial charge in [0.25, 0.3) is 0 Å². The van der Waals surface area contributed by atoms with Crippen LogP contribution in [0.3, 0.4) is 0 Å². The van der Waals surface area contributed by atoms with Gasteiger partial charge in [0.1, 0.15) is 6.33 Å². The Labute approximate surface area is 73.4 Å². The van der Waals surface area contributed by atoms with Gasteiger partial charge in [-0.25, -0.2) is 9.55 Å². The normalized spacial score (nSPS) is 14.5. The summed E-state index contributed by atoms with van der Waals surface area (Å²) in [6.07, 6.45) is -2.47. The molecular formula is C7H10F3N3. The summed E-state index contributed by atoms with van der Waals surface area (Å²) in [6, 6.07) is 0. The molecule has 0 fully saturated rings. The van der Waals surface area contributed by atoms with E-state index in [1.54, 1.807) is 6.92 Å². The molecule has 0 saturated carbocycles. The lowest BCUT2D eigenvalue weighted by atomic mass is 10.1. The fourth-order valence-electron chi connectivity index (χ4n) is 1.00. The van der Waals surface area contributed by atoms with Crippen LogP contribution in [0.15, 0.2) is 12.5 Å². The number of rotatable bonds is 2. The summed E-state index contributed by atoms with van der Waals surface area (Å²) in [7, 11) is 0. The molecule has 0 bridgehead atoms. The second-order valence-corrected chi connectivity index (χ2v) is 2.79. The van der Waals surface area contributed by atoms with E-state index in [-0.39, 0.29) is 22.7 Å². The van der Waals surface area contributed by atoms with Crippen LogP contribution in [0, 0.1) is 0 Å². The van der Waals surface area contributed by atoms with Gasteiger partial charge in [-0.05, 0) is 0 Å². The molecule has 1 unspecified atom stereocenters. The van der Waals surface area contributed by atoms with Crippen LogP contribution in [0.5, 0.6) is 0 Å². The molecule has 13 heavy (non-hydrogen) atoms. The van der Waals surface area contributed by atoms with Gasteiger partial charge in [0.15, 0.2) is 0 Å². The van der Waals surface area contributed by atoms with Gasteiger partial charge in [-0.15, -0.1) is 13.2 Å². The maximum Gasteiger partial charge on any atom is 0.489 e. The quantitative estimate of drug-likeness (QED) is 0.771. The van der Waals surface area contributed by atoms with Gasteiger partial charge in [-0.3, -0.25) is 0 Å². The lowest BCUT2D eigenvalue weighted by molar-refractivity contribution is -0.205. The minimum absolute atomic E-state index is 0.0926. The maximum absolute atomic E-state index is 12.3. The monoisotopic (exact) mass is 193 g/mol. The molecule has 0 radical (unpaired) electrons.